The molecule has 0 aliphatic heterocycles. The number of nitriles is 2. The zero-order chi connectivity index (χ0) is 17.4. The quantitative estimate of drug-likeness (QED) is 0.650. The summed E-state index contributed by atoms with van der Waals surface area (Å²) in [6.45, 7) is 0. The highest BCUT2D eigenvalue weighted by Crippen LogP contribution is 2.18. The number of ether oxygens (including phenoxy) is 1. The largest absolute Gasteiger partial charge is 0.497 e. The highest BCUT2D eigenvalue weighted by molar-refractivity contribution is 6.10. The van der Waals surface area contributed by atoms with Gasteiger partial charge < -0.3 is 10.1 Å². The van der Waals surface area contributed by atoms with Crippen LogP contribution in [0, 0.1) is 22.7 Å². The Bertz CT molecular complexity index is 829. The predicted octanol–water partition coefficient (Wildman–Crippen LogP) is 2.76. The molecule has 0 aliphatic rings. The number of hydrogen-bond acceptors (Lipinski definition) is 6. The van der Waals surface area contributed by atoms with Crippen molar-refractivity contribution in [2.24, 2.45) is 5.10 Å². The Morgan fingerprint density at radius 1 is 1.08 bits per heavy atom. The van der Waals surface area contributed by atoms with Gasteiger partial charge in [-0.1, -0.05) is 6.07 Å². The van der Waals surface area contributed by atoms with Crippen LogP contribution in [-0.4, -0.2) is 18.7 Å². The van der Waals surface area contributed by atoms with Gasteiger partial charge in [0, 0.05) is 17.3 Å². The third-order valence-corrected chi connectivity index (χ3v) is 2.98. The van der Waals surface area contributed by atoms with Gasteiger partial charge in [0.05, 0.1) is 12.8 Å². The van der Waals surface area contributed by atoms with Gasteiger partial charge in [0.25, 0.3) is 5.91 Å². The van der Waals surface area contributed by atoms with Gasteiger partial charge in [0.15, 0.2) is 0 Å². The molecule has 0 unspecified atom stereocenters. The zero-order valence-corrected chi connectivity index (χ0v) is 12.8. The second-order valence-corrected chi connectivity index (χ2v) is 4.56. The molecule has 7 heteroatoms. The van der Waals surface area contributed by atoms with Crippen LogP contribution in [0.2, 0.25) is 0 Å². The smallest absolute Gasteiger partial charge is 0.255 e. The average molecular weight is 319 g/mol. The number of carbonyl (C=O) groups excluding carboxylic acids is 1. The summed E-state index contributed by atoms with van der Waals surface area (Å²) in [7, 11) is 1.55. The lowest BCUT2D eigenvalue weighted by Gasteiger charge is -2.07. The van der Waals surface area contributed by atoms with Crippen molar-refractivity contribution < 1.29 is 9.53 Å². The van der Waals surface area contributed by atoms with E-state index in [0.717, 1.165) is 0 Å². The van der Waals surface area contributed by atoms with Crippen LogP contribution >= 0.6 is 0 Å². The van der Waals surface area contributed by atoms with Crippen LogP contribution in [0.25, 0.3) is 0 Å². The molecule has 2 N–H and O–H groups in total. The number of amides is 1. The maximum atomic E-state index is 12.2. The maximum absolute atomic E-state index is 12.2. The molecule has 0 atom stereocenters. The van der Waals surface area contributed by atoms with Crippen molar-refractivity contribution in [1.82, 2.24) is 0 Å². The lowest BCUT2D eigenvalue weighted by Crippen LogP contribution is -2.11. The zero-order valence-electron chi connectivity index (χ0n) is 12.8. The second kappa shape index (κ2) is 7.97. The molecule has 0 heterocycles. The molecule has 0 saturated heterocycles. The first kappa shape index (κ1) is 16.5. The topological polar surface area (TPSA) is 110 Å². The molecule has 0 saturated carbocycles. The van der Waals surface area contributed by atoms with E-state index in [1.165, 1.54) is 0 Å². The van der Waals surface area contributed by atoms with Gasteiger partial charge in [-0.3, -0.25) is 10.2 Å². The van der Waals surface area contributed by atoms with Crippen molar-refractivity contribution in [3.05, 3.63) is 54.1 Å². The molecular weight excluding hydrogens is 306 g/mol. The Morgan fingerprint density at radius 3 is 2.42 bits per heavy atom. The van der Waals surface area contributed by atoms with Crippen LogP contribution in [0.15, 0.2) is 53.6 Å². The van der Waals surface area contributed by atoms with Crippen LogP contribution in [-0.2, 0) is 0 Å². The van der Waals surface area contributed by atoms with Crippen LogP contribution < -0.4 is 15.5 Å². The highest BCUT2D eigenvalue weighted by Gasteiger charge is 2.06. The summed E-state index contributed by atoms with van der Waals surface area (Å²) in [5.74, 6) is 0.379. The van der Waals surface area contributed by atoms with Crippen molar-refractivity contribution in [2.45, 2.75) is 0 Å². The monoisotopic (exact) mass is 319 g/mol. The van der Waals surface area contributed by atoms with E-state index in [4.69, 9.17) is 15.3 Å². The first-order chi connectivity index (χ1) is 11.7. The Hall–Kier alpha value is -3.84. The first-order valence-electron chi connectivity index (χ1n) is 6.85. The summed E-state index contributed by atoms with van der Waals surface area (Å²) in [5.41, 5.74) is 3.92. The Morgan fingerprint density at radius 2 is 1.79 bits per heavy atom. The van der Waals surface area contributed by atoms with E-state index in [9.17, 15) is 4.79 Å². The van der Waals surface area contributed by atoms with Crippen LogP contribution in [0.1, 0.15) is 10.4 Å². The van der Waals surface area contributed by atoms with E-state index in [-0.39, 0.29) is 11.6 Å². The fraction of sp³-hybridized carbons (Fsp3) is 0.0588. The predicted molar refractivity (Wildman–Crippen MR) is 89.7 cm³/mol. The standard InChI is InChI=1S/C17H13N5O2/c1-24-16-4-2-3-14(9-16)20-17(23)12-5-7-13(8-6-12)21-22-15(10-18)11-19/h2-9,21H,1H3,(H,20,23). The van der Waals surface area contributed by atoms with E-state index in [0.29, 0.717) is 22.7 Å². The number of carbonyl (C=O) groups is 1. The van der Waals surface area contributed by atoms with Gasteiger partial charge in [-0.25, -0.2) is 0 Å². The van der Waals surface area contributed by atoms with Crippen molar-refractivity contribution in [3.63, 3.8) is 0 Å². The third-order valence-electron chi connectivity index (χ3n) is 2.98. The van der Waals surface area contributed by atoms with Gasteiger partial charge in [-0.2, -0.15) is 15.6 Å². The molecule has 118 valence electrons. The molecule has 2 rings (SSSR count). The molecule has 0 aliphatic carbocycles. The van der Waals surface area contributed by atoms with Gasteiger partial charge in [0.1, 0.15) is 17.9 Å². The molecule has 0 bridgehead atoms. The molecule has 2 aromatic rings. The summed E-state index contributed by atoms with van der Waals surface area (Å²) in [6, 6.07) is 16.8. The minimum Gasteiger partial charge on any atom is -0.497 e. The number of hydrazone groups is 1. The van der Waals surface area contributed by atoms with E-state index in [2.05, 4.69) is 15.8 Å². The molecule has 7 nitrogen and oxygen atoms in total. The Labute approximate surface area is 138 Å². The number of hydrogen-bond donors (Lipinski definition) is 2. The summed E-state index contributed by atoms with van der Waals surface area (Å²) < 4.78 is 5.10. The molecule has 0 spiro atoms. The number of anilines is 2. The third kappa shape index (κ3) is 4.33. The maximum Gasteiger partial charge on any atom is 0.255 e. The fourth-order valence-electron chi connectivity index (χ4n) is 1.80. The van der Waals surface area contributed by atoms with Crippen molar-refractivity contribution in [3.8, 4) is 17.9 Å². The van der Waals surface area contributed by atoms with Gasteiger partial charge in [-0.05, 0) is 36.4 Å². The van der Waals surface area contributed by atoms with Gasteiger partial charge in [-0.15, -0.1) is 0 Å². The van der Waals surface area contributed by atoms with Gasteiger partial charge in [0.2, 0.25) is 5.71 Å². The molecule has 0 aromatic heterocycles. The summed E-state index contributed by atoms with van der Waals surface area (Å²) >= 11 is 0. The molecule has 0 radical (unpaired) electrons. The molecule has 0 fully saturated rings. The molecule has 24 heavy (non-hydrogen) atoms. The van der Waals surface area contributed by atoms with E-state index >= 15 is 0 Å². The van der Waals surface area contributed by atoms with Crippen molar-refractivity contribution in [1.29, 1.82) is 10.5 Å². The first-order valence-corrected chi connectivity index (χ1v) is 6.85. The Balaban J connectivity index is 2.05. The lowest BCUT2D eigenvalue weighted by molar-refractivity contribution is 0.102. The number of nitrogens with zero attached hydrogens (tertiary/aromatic N) is 3. The Kier molecular flexibility index (Phi) is 5.49. The average Bonchev–Trinajstić information content (AvgIpc) is 2.63. The fourth-order valence-corrected chi connectivity index (χ4v) is 1.80. The molecule has 1 amide bonds. The number of benzene rings is 2. The number of nitrogens with one attached hydrogen (secondary N) is 2. The minimum atomic E-state index is -0.283. The molecular formula is C17H13N5O2. The van der Waals surface area contributed by atoms with E-state index in [1.807, 2.05) is 0 Å². The second-order valence-electron chi connectivity index (χ2n) is 4.56. The normalized spacial score (nSPS) is 9.12. The summed E-state index contributed by atoms with van der Waals surface area (Å²) in [6.07, 6.45) is 0. The molecule has 2 aromatic carbocycles. The van der Waals surface area contributed by atoms with Crippen LogP contribution in [0.3, 0.4) is 0 Å². The van der Waals surface area contributed by atoms with Crippen molar-refractivity contribution >= 4 is 23.0 Å². The summed E-state index contributed by atoms with van der Waals surface area (Å²) in [4.78, 5) is 12.2. The van der Waals surface area contributed by atoms with E-state index < -0.39 is 0 Å². The SMILES string of the molecule is COc1cccc(NC(=O)c2ccc(NN=C(C#N)C#N)cc2)c1. The van der Waals surface area contributed by atoms with Crippen molar-refractivity contribution in [2.75, 3.05) is 17.9 Å². The van der Waals surface area contributed by atoms with Crippen LogP contribution in [0.4, 0.5) is 11.4 Å². The number of methoxy groups -OCH3 is 1. The summed E-state index contributed by atoms with van der Waals surface area (Å²) in [5, 5.41) is 23.6. The van der Waals surface area contributed by atoms with E-state index in [1.54, 1.807) is 67.8 Å². The number of rotatable bonds is 5. The minimum absolute atomic E-state index is 0.270. The lowest BCUT2D eigenvalue weighted by atomic mass is 10.2. The van der Waals surface area contributed by atoms with Crippen LogP contribution in [0.5, 0.6) is 5.75 Å². The highest BCUT2D eigenvalue weighted by atomic mass is 16.5. The van der Waals surface area contributed by atoms with Gasteiger partial charge >= 0.3 is 0 Å².